The molecule has 0 saturated carbocycles. The fraction of sp³-hybridized carbons (Fsp3) is 0.300. The van der Waals surface area contributed by atoms with Crippen LogP contribution in [0.5, 0.6) is 0 Å². The van der Waals surface area contributed by atoms with Gasteiger partial charge in [-0.1, -0.05) is 40.2 Å². The van der Waals surface area contributed by atoms with Crippen molar-refractivity contribution in [3.8, 4) is 0 Å². The monoisotopic (exact) mass is 242 g/mol. The van der Waals surface area contributed by atoms with E-state index in [1.54, 1.807) is 0 Å². The zero-order chi connectivity index (χ0) is 9.84. The van der Waals surface area contributed by atoms with Crippen LogP contribution in [0, 0.1) is 6.92 Å². The summed E-state index contributed by atoms with van der Waals surface area (Å²) in [6.07, 6.45) is 0.116. The van der Waals surface area contributed by atoms with E-state index in [0.717, 1.165) is 11.1 Å². The van der Waals surface area contributed by atoms with E-state index in [1.807, 2.05) is 31.2 Å². The Hall–Kier alpha value is -0.830. The lowest BCUT2D eigenvalue weighted by Gasteiger charge is -2.09. The molecule has 1 atom stereocenters. The van der Waals surface area contributed by atoms with E-state index in [4.69, 9.17) is 5.11 Å². The Morgan fingerprint density at radius 1 is 1.54 bits per heavy atom. The van der Waals surface area contributed by atoms with E-state index < -0.39 is 5.97 Å². The van der Waals surface area contributed by atoms with Gasteiger partial charge in [0.2, 0.25) is 0 Å². The summed E-state index contributed by atoms with van der Waals surface area (Å²) in [5, 5.41) is 8.61. The van der Waals surface area contributed by atoms with Gasteiger partial charge in [-0.25, -0.2) is 0 Å². The minimum absolute atomic E-state index is 0.0915. The number of rotatable bonds is 3. The largest absolute Gasteiger partial charge is 0.481 e. The highest BCUT2D eigenvalue weighted by atomic mass is 79.9. The first kappa shape index (κ1) is 10.3. The molecule has 1 N–H and O–H groups in total. The molecule has 70 valence electrons. The van der Waals surface area contributed by atoms with Crippen LogP contribution in [0.4, 0.5) is 0 Å². The van der Waals surface area contributed by atoms with Crippen molar-refractivity contribution < 1.29 is 9.90 Å². The molecule has 0 heterocycles. The molecular formula is C10H11BrO2. The quantitative estimate of drug-likeness (QED) is 0.828. The van der Waals surface area contributed by atoms with Crippen molar-refractivity contribution in [1.29, 1.82) is 0 Å². The Kier molecular flexibility index (Phi) is 3.48. The molecule has 1 rings (SSSR count). The Labute approximate surface area is 85.7 Å². The fourth-order valence-electron chi connectivity index (χ4n) is 1.20. The number of alkyl halides is 1. The Bertz CT molecular complexity index is 310. The Morgan fingerprint density at radius 2 is 2.15 bits per heavy atom. The van der Waals surface area contributed by atoms with Gasteiger partial charge >= 0.3 is 5.97 Å². The van der Waals surface area contributed by atoms with Crippen LogP contribution in [-0.2, 0) is 4.79 Å². The van der Waals surface area contributed by atoms with Crippen LogP contribution in [0.15, 0.2) is 24.3 Å². The SMILES string of the molecule is Cc1ccccc1C(Br)CC(=O)O. The summed E-state index contributed by atoms with van der Waals surface area (Å²) in [5.41, 5.74) is 2.16. The lowest BCUT2D eigenvalue weighted by Crippen LogP contribution is -2.01. The molecule has 0 aliphatic rings. The number of aryl methyl sites for hydroxylation is 1. The van der Waals surface area contributed by atoms with Gasteiger partial charge in [0.25, 0.3) is 0 Å². The van der Waals surface area contributed by atoms with Crippen molar-refractivity contribution in [3.63, 3.8) is 0 Å². The van der Waals surface area contributed by atoms with Gasteiger partial charge in [-0.2, -0.15) is 0 Å². The van der Waals surface area contributed by atoms with Crippen molar-refractivity contribution in [1.82, 2.24) is 0 Å². The molecule has 0 saturated heterocycles. The normalized spacial score (nSPS) is 12.5. The zero-order valence-electron chi connectivity index (χ0n) is 7.33. The van der Waals surface area contributed by atoms with E-state index >= 15 is 0 Å². The second-order valence-corrected chi connectivity index (χ2v) is 4.03. The fourth-order valence-corrected chi connectivity index (χ4v) is 1.99. The maximum absolute atomic E-state index is 10.5. The molecule has 2 nitrogen and oxygen atoms in total. The highest BCUT2D eigenvalue weighted by molar-refractivity contribution is 9.09. The van der Waals surface area contributed by atoms with Crippen LogP contribution in [-0.4, -0.2) is 11.1 Å². The number of aliphatic carboxylic acids is 1. The van der Waals surface area contributed by atoms with E-state index in [0.29, 0.717) is 0 Å². The molecule has 0 fully saturated rings. The number of carbonyl (C=O) groups is 1. The highest BCUT2D eigenvalue weighted by Crippen LogP contribution is 2.28. The standard InChI is InChI=1S/C10H11BrO2/c1-7-4-2-3-5-8(7)9(11)6-10(12)13/h2-5,9H,6H2,1H3,(H,12,13). The average molecular weight is 243 g/mol. The van der Waals surface area contributed by atoms with Gasteiger partial charge in [0.05, 0.1) is 11.2 Å². The third-order valence-corrected chi connectivity index (χ3v) is 2.70. The predicted octanol–water partition coefficient (Wildman–Crippen LogP) is 2.91. The zero-order valence-corrected chi connectivity index (χ0v) is 8.91. The van der Waals surface area contributed by atoms with Crippen LogP contribution in [0.25, 0.3) is 0 Å². The van der Waals surface area contributed by atoms with Crippen LogP contribution in [0.2, 0.25) is 0 Å². The number of benzene rings is 1. The van der Waals surface area contributed by atoms with Gasteiger partial charge in [0.1, 0.15) is 0 Å². The summed E-state index contributed by atoms with van der Waals surface area (Å²) >= 11 is 3.36. The van der Waals surface area contributed by atoms with Gasteiger partial charge < -0.3 is 5.11 Å². The number of hydrogen-bond acceptors (Lipinski definition) is 1. The summed E-state index contributed by atoms with van der Waals surface area (Å²) < 4.78 is 0. The third kappa shape index (κ3) is 2.84. The molecule has 0 aliphatic heterocycles. The van der Waals surface area contributed by atoms with Gasteiger partial charge in [-0.05, 0) is 18.1 Å². The summed E-state index contributed by atoms with van der Waals surface area (Å²) in [6, 6.07) is 7.78. The third-order valence-electron chi connectivity index (χ3n) is 1.88. The number of hydrogen-bond donors (Lipinski definition) is 1. The molecule has 13 heavy (non-hydrogen) atoms. The molecule has 0 amide bonds. The first-order chi connectivity index (χ1) is 6.11. The number of carboxylic acid groups (broad SMARTS) is 1. The first-order valence-corrected chi connectivity index (χ1v) is 4.94. The van der Waals surface area contributed by atoms with Gasteiger partial charge in [-0.15, -0.1) is 0 Å². The van der Waals surface area contributed by atoms with Crippen molar-refractivity contribution in [2.75, 3.05) is 0 Å². The Balaban J connectivity index is 2.82. The summed E-state index contributed by atoms with van der Waals surface area (Å²) in [6.45, 7) is 1.98. The lowest BCUT2D eigenvalue weighted by molar-refractivity contribution is -0.136. The summed E-state index contributed by atoms with van der Waals surface area (Å²) in [4.78, 5) is 10.4. The molecule has 0 bridgehead atoms. The molecule has 0 spiro atoms. The van der Waals surface area contributed by atoms with E-state index in [1.165, 1.54) is 0 Å². The number of halogens is 1. The van der Waals surface area contributed by atoms with Crippen LogP contribution >= 0.6 is 15.9 Å². The molecule has 1 unspecified atom stereocenters. The van der Waals surface area contributed by atoms with Crippen LogP contribution in [0.1, 0.15) is 22.4 Å². The molecule has 0 aliphatic carbocycles. The minimum atomic E-state index is -0.787. The van der Waals surface area contributed by atoms with Gasteiger partial charge in [0.15, 0.2) is 0 Å². The molecule has 0 aromatic heterocycles. The smallest absolute Gasteiger partial charge is 0.304 e. The number of carboxylic acids is 1. The summed E-state index contributed by atoms with van der Waals surface area (Å²) in [5.74, 6) is -0.787. The molecule has 3 heteroatoms. The van der Waals surface area contributed by atoms with Crippen molar-refractivity contribution in [2.45, 2.75) is 18.2 Å². The second kappa shape index (κ2) is 4.42. The molecule has 1 aromatic carbocycles. The second-order valence-electron chi connectivity index (χ2n) is 2.92. The molecule has 1 aromatic rings. The molecule has 0 radical (unpaired) electrons. The van der Waals surface area contributed by atoms with Crippen LogP contribution < -0.4 is 0 Å². The van der Waals surface area contributed by atoms with Crippen molar-refractivity contribution >= 4 is 21.9 Å². The maximum atomic E-state index is 10.5. The predicted molar refractivity (Wildman–Crippen MR) is 55.1 cm³/mol. The molecular weight excluding hydrogens is 232 g/mol. The summed E-state index contributed by atoms with van der Waals surface area (Å²) in [7, 11) is 0. The van der Waals surface area contributed by atoms with Gasteiger partial charge in [-0.3, -0.25) is 4.79 Å². The highest BCUT2D eigenvalue weighted by Gasteiger charge is 2.12. The van der Waals surface area contributed by atoms with E-state index in [-0.39, 0.29) is 11.2 Å². The van der Waals surface area contributed by atoms with Gasteiger partial charge in [0, 0.05) is 0 Å². The average Bonchev–Trinajstić information content (AvgIpc) is 2.03. The van der Waals surface area contributed by atoms with E-state index in [2.05, 4.69) is 15.9 Å². The lowest BCUT2D eigenvalue weighted by atomic mass is 10.0. The first-order valence-electron chi connectivity index (χ1n) is 4.02. The van der Waals surface area contributed by atoms with Crippen molar-refractivity contribution in [3.05, 3.63) is 35.4 Å². The van der Waals surface area contributed by atoms with E-state index in [9.17, 15) is 4.79 Å². The Morgan fingerprint density at radius 3 is 2.69 bits per heavy atom. The topological polar surface area (TPSA) is 37.3 Å². The maximum Gasteiger partial charge on any atom is 0.304 e. The van der Waals surface area contributed by atoms with Crippen LogP contribution in [0.3, 0.4) is 0 Å². The minimum Gasteiger partial charge on any atom is -0.481 e. The van der Waals surface area contributed by atoms with Crippen molar-refractivity contribution in [2.24, 2.45) is 0 Å².